The van der Waals surface area contributed by atoms with Crippen LogP contribution < -0.4 is 20.8 Å². The zero-order valence-electron chi connectivity index (χ0n) is 28.0. The van der Waals surface area contributed by atoms with Crippen LogP contribution in [0.2, 0.25) is 0 Å². The highest BCUT2D eigenvalue weighted by atomic mass is 16.5. The number of rotatable bonds is 16. The lowest BCUT2D eigenvalue weighted by Gasteiger charge is -2.42. The van der Waals surface area contributed by atoms with E-state index < -0.39 is 29.0 Å². The molecule has 5 unspecified atom stereocenters. The number of hydrogen-bond acceptors (Lipinski definition) is 9. The van der Waals surface area contributed by atoms with Gasteiger partial charge in [-0.25, -0.2) is 4.98 Å². The van der Waals surface area contributed by atoms with E-state index in [1.165, 1.54) is 26.4 Å². The predicted octanol–water partition coefficient (Wildman–Crippen LogP) is 4.34. The molecule has 6 N–H and O–H groups in total. The van der Waals surface area contributed by atoms with Gasteiger partial charge in [-0.15, -0.1) is 0 Å². The number of nitrogens with zero attached hydrogens (tertiary/aromatic N) is 2. The van der Waals surface area contributed by atoms with Crippen molar-refractivity contribution in [2.45, 2.75) is 76.2 Å². The number of carbonyl (C=O) groups excluding carboxylic acids is 2. The number of pyridine rings is 1. The molecule has 0 radical (unpaired) electrons. The van der Waals surface area contributed by atoms with Gasteiger partial charge in [-0.1, -0.05) is 49.6 Å². The van der Waals surface area contributed by atoms with Crippen molar-refractivity contribution >= 4 is 23.5 Å². The van der Waals surface area contributed by atoms with E-state index in [0.717, 1.165) is 30.6 Å². The van der Waals surface area contributed by atoms with Crippen molar-refractivity contribution in [1.29, 1.82) is 0 Å². The standard InChI is InChI=1S/C38H49N4O6/c1-40-22-26-8-3-6-24(18-26)7-4-10-31(44)36(47)32(45)12-11-25-19-30(35(46)33(20-25)48-2)34-28-14-17-42-37(39)29(28)13-15-38(34,23-43)21-27-9-5-16-41-27/h5,9,13-17,19-20,24,26,34,36,40,43,46-47H,3-4,6-8,10-12,18,21-23H2,1-2H3,(H2,39,42)/q-1. The van der Waals surface area contributed by atoms with Crippen LogP contribution >= 0.6 is 0 Å². The topological polar surface area (TPSA) is 169 Å². The maximum absolute atomic E-state index is 13.0. The van der Waals surface area contributed by atoms with E-state index in [9.17, 15) is 24.9 Å². The van der Waals surface area contributed by atoms with Gasteiger partial charge < -0.3 is 36.1 Å². The largest absolute Gasteiger partial charge is 0.668 e. The van der Waals surface area contributed by atoms with Crippen LogP contribution in [0, 0.1) is 17.3 Å². The molecule has 1 fully saturated rings. The van der Waals surface area contributed by atoms with Gasteiger partial charge >= 0.3 is 0 Å². The lowest BCUT2D eigenvalue weighted by molar-refractivity contribution is -0.138. The number of aliphatic hydroxyl groups is 2. The van der Waals surface area contributed by atoms with E-state index in [-0.39, 0.29) is 37.4 Å². The van der Waals surface area contributed by atoms with Crippen LogP contribution in [-0.4, -0.2) is 65.3 Å². The number of anilines is 1. The van der Waals surface area contributed by atoms with Crippen molar-refractivity contribution in [3.8, 4) is 11.5 Å². The van der Waals surface area contributed by atoms with Gasteiger partial charge in [0.25, 0.3) is 0 Å². The third kappa shape index (κ3) is 7.83. The summed E-state index contributed by atoms with van der Waals surface area (Å²) in [5, 5.41) is 36.4. The molecule has 0 amide bonds. The molecule has 0 bridgehead atoms. The zero-order valence-corrected chi connectivity index (χ0v) is 28.0. The Bertz CT molecular complexity index is 1590. The van der Waals surface area contributed by atoms with Gasteiger partial charge in [0.05, 0.1) is 13.7 Å². The molecule has 10 heteroatoms. The Kier molecular flexibility index (Phi) is 11.7. The number of ketones is 2. The Balaban J connectivity index is 1.32. The Morgan fingerprint density at radius 1 is 1.17 bits per heavy atom. The first-order valence-electron chi connectivity index (χ1n) is 17.1. The summed E-state index contributed by atoms with van der Waals surface area (Å²) in [6.07, 6.45) is 12.5. The highest BCUT2D eigenvalue weighted by Gasteiger charge is 2.43. The molecule has 5 atom stereocenters. The number of nitrogens with two attached hydrogens (primary N) is 1. The molecule has 2 heterocycles. The number of nitrogens with one attached hydrogen (secondary N) is 1. The van der Waals surface area contributed by atoms with E-state index in [1.807, 2.05) is 37.4 Å². The number of Topliss-reactive ketones (excluding diaryl/α,β-unsaturated/α-hetero) is 2. The fourth-order valence-corrected chi connectivity index (χ4v) is 7.84. The number of fused-ring (bicyclic) bond motifs is 1. The van der Waals surface area contributed by atoms with Gasteiger partial charge in [0.2, 0.25) is 0 Å². The van der Waals surface area contributed by atoms with E-state index in [0.29, 0.717) is 47.2 Å². The number of phenols is 1. The van der Waals surface area contributed by atoms with Gasteiger partial charge in [0.15, 0.2) is 29.2 Å². The first-order valence-corrected chi connectivity index (χ1v) is 17.1. The Morgan fingerprint density at radius 3 is 2.69 bits per heavy atom. The number of aryl methyl sites for hydroxylation is 1. The Hall–Kier alpha value is -3.99. The molecule has 0 saturated heterocycles. The summed E-state index contributed by atoms with van der Waals surface area (Å²) in [5.74, 6) is 0.174. The van der Waals surface area contributed by atoms with Gasteiger partial charge in [-0.05, 0) is 80.8 Å². The maximum Gasteiger partial charge on any atom is 0.170 e. The number of carbonyl (C=O) groups is 2. The molecule has 258 valence electrons. The average Bonchev–Trinajstić information content (AvgIpc) is 3.60. The number of ether oxygens (including phenoxy) is 1. The van der Waals surface area contributed by atoms with E-state index in [1.54, 1.807) is 24.5 Å². The van der Waals surface area contributed by atoms with Crippen LogP contribution in [0.25, 0.3) is 6.08 Å². The van der Waals surface area contributed by atoms with Crippen LogP contribution in [0.4, 0.5) is 5.82 Å². The number of hydrogen-bond donors (Lipinski definition) is 5. The molecule has 2 aliphatic rings. The molecule has 1 aromatic carbocycles. The minimum atomic E-state index is -1.66. The molecule has 48 heavy (non-hydrogen) atoms. The van der Waals surface area contributed by atoms with E-state index in [2.05, 4.69) is 15.3 Å². The molecule has 1 saturated carbocycles. The average molecular weight is 658 g/mol. The monoisotopic (exact) mass is 657 g/mol. The third-order valence-electron chi connectivity index (χ3n) is 10.3. The fourth-order valence-electron chi connectivity index (χ4n) is 7.84. The quantitative estimate of drug-likeness (QED) is 0.140. The van der Waals surface area contributed by atoms with Crippen molar-refractivity contribution in [1.82, 2.24) is 15.3 Å². The molecule has 2 aromatic heterocycles. The normalized spacial score (nSPS) is 22.6. The van der Waals surface area contributed by atoms with Gasteiger partial charge in [0.1, 0.15) is 5.82 Å². The SMILES string of the molecule is CNCC1CCCC(CCCC(=O)C(O)C(=O)CCc2cc(OC)c(O)c(C3c4ccnc(N)c4C=CC3(CO)Cc3ccc[n-]3)c2)C1. The molecule has 0 aliphatic heterocycles. The van der Waals surface area contributed by atoms with Gasteiger partial charge in [-0.3, -0.25) is 9.59 Å². The highest BCUT2D eigenvalue weighted by Crippen LogP contribution is 2.53. The Morgan fingerprint density at radius 2 is 1.96 bits per heavy atom. The number of nitrogen functional groups attached to an aromatic ring is 1. The van der Waals surface area contributed by atoms with Crippen LogP contribution in [-0.2, 0) is 22.4 Å². The third-order valence-corrected chi connectivity index (χ3v) is 10.3. The molecule has 10 nitrogen and oxygen atoms in total. The summed E-state index contributed by atoms with van der Waals surface area (Å²) in [6.45, 7) is 0.765. The summed E-state index contributed by atoms with van der Waals surface area (Å²) in [4.78, 5) is 34.5. The van der Waals surface area contributed by atoms with E-state index in [4.69, 9.17) is 10.5 Å². The predicted molar refractivity (Wildman–Crippen MR) is 185 cm³/mol. The molecular weight excluding hydrogens is 608 g/mol. The number of aromatic nitrogens is 2. The summed E-state index contributed by atoms with van der Waals surface area (Å²) in [7, 11) is 3.43. The minimum absolute atomic E-state index is 0.0603. The van der Waals surface area contributed by atoms with Crippen LogP contribution in [0.3, 0.4) is 0 Å². The minimum Gasteiger partial charge on any atom is -0.668 e. The number of methoxy groups -OCH3 is 1. The Labute approximate surface area is 282 Å². The van der Waals surface area contributed by atoms with Crippen LogP contribution in [0.5, 0.6) is 11.5 Å². The fraction of sp³-hybridized carbons (Fsp3) is 0.500. The maximum atomic E-state index is 13.0. The molecule has 5 rings (SSSR count). The second-order valence-corrected chi connectivity index (χ2v) is 13.6. The van der Waals surface area contributed by atoms with Gasteiger partial charge in [-0.2, -0.15) is 11.9 Å². The molecule has 0 spiro atoms. The summed E-state index contributed by atoms with van der Waals surface area (Å²) in [6, 6.07) is 9.03. The van der Waals surface area contributed by atoms with E-state index >= 15 is 0 Å². The second kappa shape index (κ2) is 15.9. The smallest absolute Gasteiger partial charge is 0.170 e. The molecule has 2 aliphatic carbocycles. The van der Waals surface area contributed by atoms with Crippen molar-refractivity contribution < 1.29 is 29.6 Å². The summed E-state index contributed by atoms with van der Waals surface area (Å²) < 4.78 is 5.57. The van der Waals surface area contributed by atoms with Crippen LogP contribution in [0.15, 0.2) is 48.8 Å². The number of phenolic OH excluding ortho intramolecular Hbond substituents is 1. The highest BCUT2D eigenvalue weighted by molar-refractivity contribution is 6.05. The second-order valence-electron chi connectivity index (χ2n) is 13.6. The van der Waals surface area contributed by atoms with Crippen LogP contribution in [0.1, 0.15) is 85.2 Å². The van der Waals surface area contributed by atoms with Crippen molar-refractivity contribution in [2.24, 2.45) is 17.3 Å². The molecule has 3 aromatic rings. The number of benzene rings is 1. The van der Waals surface area contributed by atoms with Crippen molar-refractivity contribution in [2.75, 3.05) is 33.0 Å². The van der Waals surface area contributed by atoms with Gasteiger partial charge in [0, 0.05) is 41.5 Å². The number of aromatic hydroxyl groups is 1. The number of aliphatic hydroxyl groups excluding tert-OH is 2. The summed E-state index contributed by atoms with van der Waals surface area (Å²) in [5.41, 5.74) is 8.81. The molecular formula is C38H49N4O6-. The van der Waals surface area contributed by atoms with Crippen molar-refractivity contribution in [3.63, 3.8) is 0 Å². The zero-order chi connectivity index (χ0) is 34.3. The summed E-state index contributed by atoms with van der Waals surface area (Å²) >= 11 is 0. The lowest BCUT2D eigenvalue weighted by Crippen LogP contribution is -2.37. The first-order chi connectivity index (χ1) is 23.2. The lowest BCUT2D eigenvalue weighted by atomic mass is 9.63. The first kappa shape index (κ1) is 35.3. The van der Waals surface area contributed by atoms with Crippen molar-refractivity contribution in [3.05, 3.63) is 76.7 Å².